The standard InChI is InChI=1S/C20H20O6/c1-23-14-7-5-6-12-8-11-16(21)20(26-4,17(12)14)13-9-10-15(24-2)18(22)19(13)25-3/h5-11,22H,1-4H3. The van der Waals surface area contributed by atoms with Gasteiger partial charge in [-0.15, -0.1) is 0 Å². The lowest BCUT2D eigenvalue weighted by Gasteiger charge is -2.36. The molecule has 1 atom stereocenters. The summed E-state index contributed by atoms with van der Waals surface area (Å²) >= 11 is 0. The molecule has 2 aromatic carbocycles. The Morgan fingerprint density at radius 2 is 1.62 bits per heavy atom. The van der Waals surface area contributed by atoms with E-state index >= 15 is 0 Å². The van der Waals surface area contributed by atoms with Crippen LogP contribution < -0.4 is 14.2 Å². The fraction of sp³-hybridized carbons (Fsp3) is 0.250. The molecule has 3 rings (SSSR count). The zero-order chi connectivity index (χ0) is 18.9. The lowest BCUT2D eigenvalue weighted by Crippen LogP contribution is -2.41. The molecule has 6 heteroatoms. The van der Waals surface area contributed by atoms with Gasteiger partial charge in [0.05, 0.1) is 21.3 Å². The van der Waals surface area contributed by atoms with Gasteiger partial charge in [0.15, 0.2) is 22.9 Å². The fourth-order valence-electron chi connectivity index (χ4n) is 3.42. The molecule has 0 bridgehead atoms. The van der Waals surface area contributed by atoms with Crippen molar-refractivity contribution in [2.24, 2.45) is 0 Å². The second-order valence-corrected chi connectivity index (χ2v) is 5.70. The number of carbonyl (C=O) groups excluding carboxylic acids is 1. The average Bonchev–Trinajstić information content (AvgIpc) is 2.67. The number of ether oxygens (including phenoxy) is 4. The maximum atomic E-state index is 13.1. The minimum atomic E-state index is -1.52. The predicted octanol–water partition coefficient (Wildman–Crippen LogP) is 2.90. The van der Waals surface area contributed by atoms with Crippen molar-refractivity contribution < 1.29 is 28.8 Å². The van der Waals surface area contributed by atoms with Crippen LogP contribution in [0.1, 0.15) is 16.7 Å². The number of phenolic OH excluding ortho intramolecular Hbond substituents is 1. The van der Waals surface area contributed by atoms with E-state index in [9.17, 15) is 9.90 Å². The summed E-state index contributed by atoms with van der Waals surface area (Å²) in [5, 5.41) is 10.5. The first-order chi connectivity index (χ1) is 12.5. The van der Waals surface area contributed by atoms with Gasteiger partial charge in [0.1, 0.15) is 5.75 Å². The Labute approximate surface area is 151 Å². The Morgan fingerprint density at radius 3 is 2.23 bits per heavy atom. The molecule has 1 N–H and O–H groups in total. The SMILES string of the molecule is COc1ccc(C2(OC)C(=O)C=Cc3cccc(OC)c32)c(OC)c1O. The molecule has 0 heterocycles. The zero-order valence-corrected chi connectivity index (χ0v) is 15.0. The lowest BCUT2D eigenvalue weighted by atomic mass is 9.76. The number of ketones is 1. The summed E-state index contributed by atoms with van der Waals surface area (Å²) in [6.45, 7) is 0. The molecular formula is C20H20O6. The molecule has 136 valence electrons. The Balaban J connectivity index is 2.41. The predicted molar refractivity (Wildman–Crippen MR) is 96.0 cm³/mol. The van der Waals surface area contributed by atoms with Crippen LogP contribution in [0.25, 0.3) is 6.08 Å². The van der Waals surface area contributed by atoms with E-state index < -0.39 is 5.60 Å². The van der Waals surface area contributed by atoms with E-state index in [4.69, 9.17) is 18.9 Å². The third kappa shape index (κ3) is 2.34. The second-order valence-electron chi connectivity index (χ2n) is 5.70. The van der Waals surface area contributed by atoms with Crippen molar-refractivity contribution in [3.05, 3.63) is 53.1 Å². The topological polar surface area (TPSA) is 74.2 Å². The number of carbonyl (C=O) groups is 1. The summed E-state index contributed by atoms with van der Waals surface area (Å²) in [5.74, 6) is 0.324. The van der Waals surface area contributed by atoms with E-state index in [0.29, 0.717) is 16.9 Å². The van der Waals surface area contributed by atoms with Gasteiger partial charge in [0.25, 0.3) is 0 Å². The first kappa shape index (κ1) is 17.8. The fourth-order valence-corrected chi connectivity index (χ4v) is 3.42. The molecule has 26 heavy (non-hydrogen) atoms. The highest BCUT2D eigenvalue weighted by molar-refractivity contribution is 6.07. The van der Waals surface area contributed by atoms with Crippen LogP contribution in [0.15, 0.2) is 36.4 Å². The third-order valence-corrected chi connectivity index (χ3v) is 4.60. The van der Waals surface area contributed by atoms with E-state index in [1.165, 1.54) is 34.5 Å². The van der Waals surface area contributed by atoms with Gasteiger partial charge in [-0.3, -0.25) is 4.79 Å². The zero-order valence-electron chi connectivity index (χ0n) is 15.0. The average molecular weight is 356 g/mol. The Hall–Kier alpha value is -2.99. The third-order valence-electron chi connectivity index (χ3n) is 4.60. The van der Waals surface area contributed by atoms with Crippen molar-refractivity contribution in [3.63, 3.8) is 0 Å². The molecule has 2 aromatic rings. The summed E-state index contributed by atoms with van der Waals surface area (Å²) < 4.78 is 21.9. The van der Waals surface area contributed by atoms with Crippen LogP contribution in [0.5, 0.6) is 23.0 Å². The van der Waals surface area contributed by atoms with Crippen molar-refractivity contribution in [2.45, 2.75) is 5.60 Å². The number of phenols is 1. The molecule has 0 amide bonds. The number of aromatic hydroxyl groups is 1. The van der Waals surface area contributed by atoms with Crippen LogP contribution in [0.4, 0.5) is 0 Å². The summed E-state index contributed by atoms with van der Waals surface area (Å²) in [6, 6.07) is 8.67. The normalized spacial score (nSPS) is 18.4. The monoisotopic (exact) mass is 356 g/mol. The van der Waals surface area contributed by atoms with Crippen molar-refractivity contribution >= 4 is 11.9 Å². The number of hydrogen-bond acceptors (Lipinski definition) is 6. The van der Waals surface area contributed by atoms with Gasteiger partial charge < -0.3 is 24.1 Å². The van der Waals surface area contributed by atoms with Gasteiger partial charge in [0.2, 0.25) is 5.75 Å². The number of hydrogen-bond donors (Lipinski definition) is 1. The lowest BCUT2D eigenvalue weighted by molar-refractivity contribution is -0.132. The van der Waals surface area contributed by atoms with Gasteiger partial charge in [-0.05, 0) is 29.8 Å². The first-order valence-corrected chi connectivity index (χ1v) is 7.94. The van der Waals surface area contributed by atoms with Gasteiger partial charge in [0, 0.05) is 18.2 Å². The largest absolute Gasteiger partial charge is 0.502 e. The van der Waals surface area contributed by atoms with Crippen molar-refractivity contribution in [2.75, 3.05) is 28.4 Å². The van der Waals surface area contributed by atoms with Gasteiger partial charge in [-0.1, -0.05) is 18.2 Å². The highest BCUT2D eigenvalue weighted by atomic mass is 16.5. The molecular weight excluding hydrogens is 336 g/mol. The quantitative estimate of drug-likeness (QED) is 0.888. The molecule has 6 nitrogen and oxygen atoms in total. The maximum absolute atomic E-state index is 13.1. The van der Waals surface area contributed by atoms with Crippen molar-refractivity contribution in [1.82, 2.24) is 0 Å². The number of fused-ring (bicyclic) bond motifs is 1. The van der Waals surface area contributed by atoms with Crippen LogP contribution in [0.2, 0.25) is 0 Å². The van der Waals surface area contributed by atoms with Crippen LogP contribution in [-0.4, -0.2) is 39.3 Å². The van der Waals surface area contributed by atoms with E-state index in [2.05, 4.69) is 0 Å². The summed E-state index contributed by atoms with van der Waals surface area (Å²) in [7, 11) is 5.82. The molecule has 0 aromatic heterocycles. The maximum Gasteiger partial charge on any atom is 0.201 e. The van der Waals surface area contributed by atoms with Crippen LogP contribution in [0.3, 0.4) is 0 Å². The highest BCUT2D eigenvalue weighted by Gasteiger charge is 2.48. The molecule has 1 aliphatic rings. The van der Waals surface area contributed by atoms with Gasteiger partial charge in [-0.25, -0.2) is 0 Å². The minimum Gasteiger partial charge on any atom is -0.502 e. The molecule has 0 saturated carbocycles. The van der Waals surface area contributed by atoms with Crippen LogP contribution in [0, 0.1) is 0 Å². The summed E-state index contributed by atoms with van der Waals surface area (Å²) in [5.41, 5.74) is 0.177. The number of benzene rings is 2. The second kappa shape index (κ2) is 6.72. The molecule has 1 aliphatic carbocycles. The van der Waals surface area contributed by atoms with Crippen molar-refractivity contribution in [1.29, 1.82) is 0 Å². The summed E-state index contributed by atoms with van der Waals surface area (Å²) in [6.07, 6.45) is 3.17. The molecule has 0 aliphatic heterocycles. The molecule has 0 spiro atoms. The van der Waals surface area contributed by atoms with Gasteiger partial charge in [-0.2, -0.15) is 0 Å². The smallest absolute Gasteiger partial charge is 0.201 e. The van der Waals surface area contributed by atoms with E-state index in [1.807, 2.05) is 12.1 Å². The van der Waals surface area contributed by atoms with E-state index in [0.717, 1.165) is 5.56 Å². The summed E-state index contributed by atoms with van der Waals surface area (Å²) in [4.78, 5) is 13.1. The number of rotatable bonds is 5. The molecule has 0 radical (unpaired) electrons. The van der Waals surface area contributed by atoms with Crippen LogP contribution >= 0.6 is 0 Å². The number of methoxy groups -OCH3 is 4. The van der Waals surface area contributed by atoms with E-state index in [-0.39, 0.29) is 23.0 Å². The van der Waals surface area contributed by atoms with E-state index in [1.54, 1.807) is 24.3 Å². The van der Waals surface area contributed by atoms with Crippen molar-refractivity contribution in [3.8, 4) is 23.0 Å². The van der Waals surface area contributed by atoms with Crippen LogP contribution in [-0.2, 0) is 15.1 Å². The Bertz CT molecular complexity index is 886. The first-order valence-electron chi connectivity index (χ1n) is 7.94. The molecule has 0 saturated heterocycles. The minimum absolute atomic E-state index is 0.103. The van der Waals surface area contributed by atoms with Gasteiger partial charge >= 0.3 is 0 Å². The highest BCUT2D eigenvalue weighted by Crippen LogP contribution is 2.51. The molecule has 1 unspecified atom stereocenters. The Morgan fingerprint density at radius 1 is 0.885 bits per heavy atom. The Kier molecular flexibility index (Phi) is 4.61. The molecule has 0 fully saturated rings.